The summed E-state index contributed by atoms with van der Waals surface area (Å²) in [6.45, 7) is 4.70. The van der Waals surface area contributed by atoms with Crippen LogP contribution < -0.4 is 4.90 Å². The molecule has 0 fully saturated rings. The van der Waals surface area contributed by atoms with Crippen molar-refractivity contribution < 1.29 is 0 Å². The van der Waals surface area contributed by atoms with Gasteiger partial charge in [0.15, 0.2) is 0 Å². The summed E-state index contributed by atoms with van der Waals surface area (Å²) in [5.41, 5.74) is 17.1. The molecule has 0 unspecified atom stereocenters. The summed E-state index contributed by atoms with van der Waals surface area (Å²) in [5, 5.41) is 7.48. The van der Waals surface area contributed by atoms with Crippen molar-refractivity contribution in [2.75, 3.05) is 4.90 Å². The third-order valence-electron chi connectivity index (χ3n) is 13.1. The molecule has 61 heavy (non-hydrogen) atoms. The number of nitrogens with zero attached hydrogens (tertiary/aromatic N) is 2. The fraction of sp³-hybridized carbons (Fsp3) is 0.0508. The average Bonchev–Trinajstić information content (AvgIpc) is 3.76. The Morgan fingerprint density at radius 1 is 0.344 bits per heavy atom. The minimum atomic E-state index is -0.0903. The highest BCUT2D eigenvalue weighted by molar-refractivity contribution is 6.12. The molecular formula is C59H42N2. The Morgan fingerprint density at radius 2 is 0.820 bits per heavy atom. The molecule has 0 aliphatic heterocycles. The lowest BCUT2D eigenvalue weighted by Gasteiger charge is -2.28. The number of aromatic nitrogens is 1. The summed E-state index contributed by atoms with van der Waals surface area (Å²) >= 11 is 0. The molecule has 2 nitrogen and oxygen atoms in total. The highest BCUT2D eigenvalue weighted by Crippen LogP contribution is 2.50. The molecule has 0 atom stereocenters. The maximum absolute atomic E-state index is 2.44. The van der Waals surface area contributed by atoms with E-state index in [0.29, 0.717) is 0 Å². The van der Waals surface area contributed by atoms with Crippen LogP contribution in [-0.2, 0) is 5.41 Å². The van der Waals surface area contributed by atoms with E-state index in [2.05, 4.69) is 242 Å². The highest BCUT2D eigenvalue weighted by Gasteiger charge is 2.35. The van der Waals surface area contributed by atoms with Crippen molar-refractivity contribution in [1.29, 1.82) is 0 Å². The van der Waals surface area contributed by atoms with Crippen LogP contribution in [-0.4, -0.2) is 4.57 Å². The highest BCUT2D eigenvalue weighted by atomic mass is 15.1. The first kappa shape index (κ1) is 35.3. The van der Waals surface area contributed by atoms with E-state index in [0.717, 1.165) is 22.7 Å². The van der Waals surface area contributed by atoms with Gasteiger partial charge in [0.05, 0.1) is 11.0 Å². The molecule has 0 radical (unpaired) electrons. The minimum absolute atomic E-state index is 0.0903. The van der Waals surface area contributed by atoms with Gasteiger partial charge in [0.2, 0.25) is 0 Å². The van der Waals surface area contributed by atoms with Gasteiger partial charge in [-0.3, -0.25) is 0 Å². The summed E-state index contributed by atoms with van der Waals surface area (Å²) < 4.78 is 2.44. The second-order valence-electron chi connectivity index (χ2n) is 17.0. The Balaban J connectivity index is 1.00. The summed E-state index contributed by atoms with van der Waals surface area (Å²) in [4.78, 5) is 2.39. The van der Waals surface area contributed by atoms with E-state index in [-0.39, 0.29) is 5.41 Å². The lowest BCUT2D eigenvalue weighted by molar-refractivity contribution is 0.660. The molecule has 0 spiro atoms. The molecule has 1 heterocycles. The zero-order valence-corrected chi connectivity index (χ0v) is 34.2. The minimum Gasteiger partial charge on any atom is -0.310 e. The van der Waals surface area contributed by atoms with Crippen LogP contribution in [0.25, 0.3) is 82.4 Å². The monoisotopic (exact) mass is 778 g/mol. The van der Waals surface area contributed by atoms with Crippen molar-refractivity contribution in [2.24, 2.45) is 0 Å². The van der Waals surface area contributed by atoms with Crippen LogP contribution >= 0.6 is 0 Å². The van der Waals surface area contributed by atoms with Crippen LogP contribution in [0.1, 0.15) is 25.0 Å². The van der Waals surface area contributed by atoms with Crippen molar-refractivity contribution in [1.82, 2.24) is 4.57 Å². The van der Waals surface area contributed by atoms with Gasteiger partial charge in [0.25, 0.3) is 0 Å². The lowest BCUT2D eigenvalue weighted by Crippen LogP contribution is -2.16. The Labute approximate surface area is 356 Å². The maximum atomic E-state index is 2.44. The molecule has 0 amide bonds. The van der Waals surface area contributed by atoms with Crippen molar-refractivity contribution in [3.8, 4) is 39.1 Å². The number of rotatable bonds is 6. The summed E-state index contributed by atoms with van der Waals surface area (Å²) in [6, 6.07) is 80.5. The van der Waals surface area contributed by atoms with Crippen LogP contribution in [0.5, 0.6) is 0 Å². The van der Waals surface area contributed by atoms with Gasteiger partial charge in [-0.25, -0.2) is 0 Å². The van der Waals surface area contributed by atoms with Crippen LogP contribution in [0.15, 0.2) is 218 Å². The molecule has 0 N–H and O–H groups in total. The van der Waals surface area contributed by atoms with Crippen molar-refractivity contribution >= 4 is 60.4 Å². The number of anilines is 3. The molecule has 12 rings (SSSR count). The van der Waals surface area contributed by atoms with Crippen LogP contribution in [0.3, 0.4) is 0 Å². The molecular weight excluding hydrogens is 737 g/mol. The SMILES string of the molecule is CC1(C)c2ccccc2-c2ccc(N(c3ccccc3)c3ccc(-n4c5ccc(-c6ccc7ccccc7c6)cc5c5cc(-c6ccc7ccccc7c6)ccc54)cc3)cc21. The zero-order valence-electron chi connectivity index (χ0n) is 34.2. The first-order chi connectivity index (χ1) is 30.0. The second-order valence-corrected chi connectivity index (χ2v) is 17.0. The van der Waals surface area contributed by atoms with E-state index in [9.17, 15) is 0 Å². The van der Waals surface area contributed by atoms with Gasteiger partial charge in [-0.1, -0.05) is 147 Å². The Kier molecular flexibility index (Phi) is 7.92. The van der Waals surface area contributed by atoms with Crippen LogP contribution in [0.4, 0.5) is 17.1 Å². The van der Waals surface area contributed by atoms with Crippen LogP contribution in [0, 0.1) is 0 Å². The fourth-order valence-corrected chi connectivity index (χ4v) is 10.0. The third kappa shape index (κ3) is 5.71. The van der Waals surface area contributed by atoms with E-state index >= 15 is 0 Å². The Morgan fingerprint density at radius 3 is 1.44 bits per heavy atom. The van der Waals surface area contributed by atoms with Gasteiger partial charge in [0.1, 0.15) is 0 Å². The van der Waals surface area contributed by atoms with E-state index in [4.69, 9.17) is 0 Å². The lowest BCUT2D eigenvalue weighted by atomic mass is 9.82. The van der Waals surface area contributed by atoms with Gasteiger partial charge in [0, 0.05) is 38.9 Å². The molecule has 0 bridgehead atoms. The molecule has 1 aliphatic rings. The van der Waals surface area contributed by atoms with Crippen molar-refractivity contribution in [2.45, 2.75) is 19.3 Å². The van der Waals surface area contributed by atoms with Crippen LogP contribution in [0.2, 0.25) is 0 Å². The third-order valence-corrected chi connectivity index (χ3v) is 13.1. The number of hydrogen-bond donors (Lipinski definition) is 0. The van der Waals surface area contributed by atoms with E-state index in [1.165, 1.54) is 87.9 Å². The van der Waals surface area contributed by atoms with E-state index < -0.39 is 0 Å². The largest absolute Gasteiger partial charge is 0.310 e. The topological polar surface area (TPSA) is 8.17 Å². The molecule has 2 heteroatoms. The molecule has 1 aliphatic carbocycles. The Hall–Kier alpha value is -7.68. The average molecular weight is 779 g/mol. The predicted octanol–water partition coefficient (Wildman–Crippen LogP) is 16.2. The quantitative estimate of drug-likeness (QED) is 0.163. The molecule has 0 saturated heterocycles. The van der Waals surface area contributed by atoms with E-state index in [1.807, 2.05) is 0 Å². The predicted molar refractivity (Wildman–Crippen MR) is 259 cm³/mol. The molecule has 11 aromatic rings. The first-order valence-corrected chi connectivity index (χ1v) is 21.2. The molecule has 10 aromatic carbocycles. The van der Waals surface area contributed by atoms with Gasteiger partial charge in [-0.05, 0) is 151 Å². The second kappa shape index (κ2) is 13.7. The molecule has 0 saturated carbocycles. The fourth-order valence-electron chi connectivity index (χ4n) is 10.0. The summed E-state index contributed by atoms with van der Waals surface area (Å²) in [5.74, 6) is 0. The normalized spacial score (nSPS) is 12.9. The smallest absolute Gasteiger partial charge is 0.0541 e. The zero-order chi connectivity index (χ0) is 40.7. The summed E-state index contributed by atoms with van der Waals surface area (Å²) in [6.07, 6.45) is 0. The van der Waals surface area contributed by atoms with Crippen molar-refractivity contribution in [3.05, 3.63) is 230 Å². The van der Waals surface area contributed by atoms with Gasteiger partial charge >= 0.3 is 0 Å². The first-order valence-electron chi connectivity index (χ1n) is 21.2. The number of para-hydroxylation sites is 1. The standard InChI is InChI=1S/C59H42N2/c1-59(2)55-19-11-10-18-51(55)52-31-30-50(38-56(52)59)60(47-16-4-3-5-17-47)48-26-28-49(29-27-48)61-57-32-24-45(43-22-20-39-12-6-8-14-41(39)34-43)36-53(57)54-37-46(25-33-58(54)61)44-23-21-40-13-7-9-15-42(40)35-44/h3-38H,1-2H3. The Bertz CT molecular complexity index is 3360. The maximum Gasteiger partial charge on any atom is 0.0541 e. The van der Waals surface area contributed by atoms with E-state index in [1.54, 1.807) is 0 Å². The summed E-state index contributed by atoms with van der Waals surface area (Å²) in [7, 11) is 0. The van der Waals surface area contributed by atoms with Gasteiger partial charge in [-0.15, -0.1) is 0 Å². The number of hydrogen-bond acceptors (Lipinski definition) is 1. The van der Waals surface area contributed by atoms with Crippen molar-refractivity contribution in [3.63, 3.8) is 0 Å². The number of fused-ring (bicyclic) bond motifs is 8. The number of benzene rings is 10. The molecule has 288 valence electrons. The van der Waals surface area contributed by atoms with Gasteiger partial charge < -0.3 is 9.47 Å². The van der Waals surface area contributed by atoms with Gasteiger partial charge in [-0.2, -0.15) is 0 Å². The molecule has 1 aromatic heterocycles.